The van der Waals surface area contributed by atoms with Crippen LogP contribution >= 0.6 is 11.8 Å². The maximum absolute atomic E-state index is 12.9. The number of aromatic nitrogens is 3. The molecule has 0 bridgehead atoms. The summed E-state index contributed by atoms with van der Waals surface area (Å²) in [5.74, 6) is 1.36. The number of carbonyl (C=O) groups excluding carboxylic acids is 2. The molecule has 0 radical (unpaired) electrons. The molecule has 1 heterocycles. The standard InChI is InChI=1S/C26H33N5O3S/c1-6-18-10-8-9-11-21(18)27-22(32)16-35-26-30-29-24(31(26)7-2)23(17(3)4)28-25(33)19-12-14-20(34-5)15-13-19/h8-15,17,23H,6-7,16H2,1-5H3,(H,27,32)(H,28,33)/t23-/m1/s1. The lowest BCUT2D eigenvalue weighted by atomic mass is 10.0. The lowest BCUT2D eigenvalue weighted by molar-refractivity contribution is -0.113. The topological polar surface area (TPSA) is 98.1 Å². The molecule has 2 N–H and O–H groups in total. The zero-order chi connectivity index (χ0) is 25.4. The molecule has 3 rings (SSSR count). The lowest BCUT2D eigenvalue weighted by Crippen LogP contribution is -2.33. The summed E-state index contributed by atoms with van der Waals surface area (Å²) in [6, 6.07) is 14.4. The third-order valence-electron chi connectivity index (χ3n) is 5.65. The van der Waals surface area contributed by atoms with Gasteiger partial charge in [-0.1, -0.05) is 50.7 Å². The van der Waals surface area contributed by atoms with Crippen molar-refractivity contribution in [2.24, 2.45) is 5.92 Å². The molecule has 0 spiro atoms. The molecule has 8 nitrogen and oxygen atoms in total. The zero-order valence-electron chi connectivity index (χ0n) is 20.9. The molecule has 2 aromatic carbocycles. The highest BCUT2D eigenvalue weighted by Gasteiger charge is 2.26. The van der Waals surface area contributed by atoms with Crippen molar-refractivity contribution in [2.45, 2.75) is 51.9 Å². The Kier molecular flexibility index (Phi) is 9.31. The molecule has 0 aliphatic rings. The number of hydrogen-bond donors (Lipinski definition) is 2. The maximum atomic E-state index is 12.9. The van der Waals surface area contributed by atoms with Gasteiger partial charge >= 0.3 is 0 Å². The second-order valence-corrected chi connectivity index (χ2v) is 9.30. The average molecular weight is 496 g/mol. The SMILES string of the molecule is CCc1ccccc1NC(=O)CSc1nnc([C@H](NC(=O)c2ccc(OC)cc2)C(C)C)n1CC. The Morgan fingerprint density at radius 1 is 1.06 bits per heavy atom. The van der Waals surface area contributed by atoms with Crippen molar-refractivity contribution >= 4 is 29.3 Å². The van der Waals surface area contributed by atoms with E-state index in [1.165, 1.54) is 11.8 Å². The Bertz CT molecular complexity index is 1140. The molecule has 1 aromatic heterocycles. The number of rotatable bonds is 11. The van der Waals surface area contributed by atoms with Gasteiger partial charge in [0, 0.05) is 17.8 Å². The number of ether oxygens (including phenoxy) is 1. The summed E-state index contributed by atoms with van der Waals surface area (Å²) in [5.41, 5.74) is 2.47. The summed E-state index contributed by atoms with van der Waals surface area (Å²) in [5, 5.41) is 15.5. The van der Waals surface area contributed by atoms with E-state index in [1.807, 2.05) is 49.6 Å². The normalized spacial score (nSPS) is 11.8. The van der Waals surface area contributed by atoms with Crippen LogP contribution in [0.15, 0.2) is 53.7 Å². The van der Waals surface area contributed by atoms with Crippen molar-refractivity contribution in [1.29, 1.82) is 0 Å². The first-order valence-electron chi connectivity index (χ1n) is 11.8. The molecule has 9 heteroatoms. The second kappa shape index (κ2) is 12.4. The average Bonchev–Trinajstić information content (AvgIpc) is 3.28. The smallest absolute Gasteiger partial charge is 0.251 e. The molecule has 0 fully saturated rings. The summed E-state index contributed by atoms with van der Waals surface area (Å²) < 4.78 is 7.13. The van der Waals surface area contributed by atoms with E-state index in [4.69, 9.17) is 4.74 Å². The second-order valence-electron chi connectivity index (χ2n) is 8.36. The van der Waals surface area contributed by atoms with Crippen molar-refractivity contribution in [3.8, 4) is 5.75 Å². The van der Waals surface area contributed by atoms with Crippen LogP contribution in [-0.4, -0.2) is 39.4 Å². The van der Waals surface area contributed by atoms with Gasteiger partial charge in [0.15, 0.2) is 11.0 Å². The van der Waals surface area contributed by atoms with Crippen molar-refractivity contribution in [3.63, 3.8) is 0 Å². The minimum atomic E-state index is -0.336. The first-order chi connectivity index (χ1) is 16.9. The number of anilines is 1. The van der Waals surface area contributed by atoms with Gasteiger partial charge in [-0.25, -0.2) is 0 Å². The number of aryl methyl sites for hydroxylation is 1. The van der Waals surface area contributed by atoms with Crippen LogP contribution in [0.2, 0.25) is 0 Å². The molecule has 0 unspecified atom stereocenters. The van der Waals surface area contributed by atoms with Crippen LogP contribution in [0.5, 0.6) is 5.75 Å². The summed E-state index contributed by atoms with van der Waals surface area (Å²) >= 11 is 1.33. The van der Waals surface area contributed by atoms with Crippen LogP contribution in [-0.2, 0) is 17.8 Å². The van der Waals surface area contributed by atoms with Crippen molar-refractivity contribution in [2.75, 3.05) is 18.2 Å². The fourth-order valence-corrected chi connectivity index (χ4v) is 4.51. The third kappa shape index (κ3) is 6.63. The van der Waals surface area contributed by atoms with Crippen LogP contribution < -0.4 is 15.4 Å². The Labute approximate surface area is 210 Å². The fraction of sp³-hybridized carbons (Fsp3) is 0.385. The van der Waals surface area contributed by atoms with Gasteiger partial charge in [0.05, 0.1) is 18.9 Å². The molecule has 0 aliphatic heterocycles. The van der Waals surface area contributed by atoms with E-state index in [9.17, 15) is 9.59 Å². The van der Waals surface area contributed by atoms with Gasteiger partial charge in [0.2, 0.25) is 5.91 Å². The van der Waals surface area contributed by atoms with Gasteiger partial charge in [-0.3, -0.25) is 9.59 Å². The third-order valence-corrected chi connectivity index (χ3v) is 6.62. The van der Waals surface area contributed by atoms with Gasteiger partial charge < -0.3 is 19.9 Å². The van der Waals surface area contributed by atoms with E-state index in [-0.39, 0.29) is 29.5 Å². The largest absolute Gasteiger partial charge is 0.497 e. The highest BCUT2D eigenvalue weighted by molar-refractivity contribution is 7.99. The summed E-state index contributed by atoms with van der Waals surface area (Å²) in [7, 11) is 1.59. The van der Waals surface area contributed by atoms with Crippen molar-refractivity contribution in [1.82, 2.24) is 20.1 Å². The number of para-hydroxylation sites is 1. The van der Waals surface area contributed by atoms with Crippen molar-refractivity contribution in [3.05, 3.63) is 65.5 Å². The van der Waals surface area contributed by atoms with E-state index < -0.39 is 0 Å². The van der Waals surface area contributed by atoms with Gasteiger partial charge in [-0.2, -0.15) is 0 Å². The molecule has 1 atom stereocenters. The maximum Gasteiger partial charge on any atom is 0.251 e. The Hall–Kier alpha value is -3.33. The first kappa shape index (κ1) is 26.3. The molecule has 0 saturated carbocycles. The Morgan fingerprint density at radius 3 is 2.40 bits per heavy atom. The van der Waals surface area contributed by atoms with Gasteiger partial charge in [0.1, 0.15) is 5.75 Å². The Morgan fingerprint density at radius 2 is 1.77 bits per heavy atom. The van der Waals surface area contributed by atoms with E-state index in [1.54, 1.807) is 31.4 Å². The molecule has 0 saturated heterocycles. The van der Waals surface area contributed by atoms with E-state index >= 15 is 0 Å². The first-order valence-corrected chi connectivity index (χ1v) is 12.7. The van der Waals surface area contributed by atoms with Crippen LogP contribution in [0.3, 0.4) is 0 Å². The number of benzene rings is 2. The number of nitrogens with zero attached hydrogens (tertiary/aromatic N) is 3. The van der Waals surface area contributed by atoms with Gasteiger partial charge in [-0.05, 0) is 55.2 Å². The van der Waals surface area contributed by atoms with Crippen LogP contribution in [0.25, 0.3) is 0 Å². The van der Waals surface area contributed by atoms with Gasteiger partial charge in [0.25, 0.3) is 5.91 Å². The molecule has 35 heavy (non-hydrogen) atoms. The Balaban J connectivity index is 1.71. The van der Waals surface area contributed by atoms with Crippen LogP contribution in [0.4, 0.5) is 5.69 Å². The summed E-state index contributed by atoms with van der Waals surface area (Å²) in [6.45, 7) is 8.73. The quantitative estimate of drug-likeness (QED) is 0.373. The number of amides is 2. The highest BCUT2D eigenvalue weighted by atomic mass is 32.2. The molecular formula is C26H33N5O3S. The summed E-state index contributed by atoms with van der Waals surface area (Å²) in [4.78, 5) is 25.5. The van der Waals surface area contributed by atoms with E-state index in [0.29, 0.717) is 28.8 Å². The molecular weight excluding hydrogens is 462 g/mol. The predicted molar refractivity (Wildman–Crippen MR) is 139 cm³/mol. The number of thioether (sulfide) groups is 1. The molecule has 3 aromatic rings. The highest BCUT2D eigenvalue weighted by Crippen LogP contribution is 2.26. The minimum absolute atomic E-state index is 0.0818. The number of carbonyl (C=O) groups is 2. The fourth-order valence-electron chi connectivity index (χ4n) is 3.70. The number of nitrogens with one attached hydrogen (secondary N) is 2. The van der Waals surface area contributed by atoms with Crippen LogP contribution in [0.1, 0.15) is 55.5 Å². The lowest BCUT2D eigenvalue weighted by Gasteiger charge is -2.22. The summed E-state index contributed by atoms with van der Waals surface area (Å²) in [6.07, 6.45) is 0.843. The monoisotopic (exact) mass is 495 g/mol. The van der Waals surface area contributed by atoms with Gasteiger partial charge in [-0.15, -0.1) is 10.2 Å². The zero-order valence-corrected chi connectivity index (χ0v) is 21.7. The minimum Gasteiger partial charge on any atom is -0.497 e. The molecule has 186 valence electrons. The molecule has 0 aliphatic carbocycles. The van der Waals surface area contributed by atoms with E-state index in [2.05, 4.69) is 27.8 Å². The predicted octanol–water partition coefficient (Wildman–Crippen LogP) is 4.73. The van der Waals surface area contributed by atoms with Crippen LogP contribution in [0, 0.1) is 5.92 Å². The molecule has 2 amide bonds. The van der Waals surface area contributed by atoms with Crippen molar-refractivity contribution < 1.29 is 14.3 Å². The number of hydrogen-bond acceptors (Lipinski definition) is 6. The number of methoxy groups -OCH3 is 1. The van der Waals surface area contributed by atoms with E-state index in [0.717, 1.165) is 17.7 Å².